The maximum atomic E-state index is 11.6. The number of amides is 1. The number of hydrogen-bond donors (Lipinski definition) is 2. The zero-order valence-corrected chi connectivity index (χ0v) is 10.6. The van der Waals surface area contributed by atoms with E-state index in [1.165, 1.54) is 0 Å². The number of carbonyl (C=O) groups excluding carboxylic acids is 1. The fraction of sp³-hybridized carbons (Fsp3) is 0.333. The van der Waals surface area contributed by atoms with Crippen molar-refractivity contribution in [2.24, 2.45) is 0 Å². The standard InChI is InChI=1S/C12H15N5O2/c1-19-10-5-2-9(3-6-10)4-7-12(18)13-8-11-14-16-17-15-11/h2-3,5-6H,4,7-8H2,1H3,(H,13,18)(H,14,15,16,17). The molecular formula is C12H15N5O2. The molecule has 2 N–H and O–H groups in total. The van der Waals surface area contributed by atoms with Crippen LogP contribution < -0.4 is 10.1 Å². The van der Waals surface area contributed by atoms with Crippen LogP contribution in [0.25, 0.3) is 0 Å². The van der Waals surface area contributed by atoms with Crippen LogP contribution in [0.4, 0.5) is 0 Å². The molecule has 7 nitrogen and oxygen atoms in total. The molecule has 0 spiro atoms. The Morgan fingerprint density at radius 3 is 2.79 bits per heavy atom. The molecular weight excluding hydrogens is 246 g/mol. The van der Waals surface area contributed by atoms with Gasteiger partial charge >= 0.3 is 0 Å². The number of aromatic amines is 1. The minimum atomic E-state index is -0.0411. The monoisotopic (exact) mass is 261 g/mol. The molecule has 100 valence electrons. The number of hydrogen-bond acceptors (Lipinski definition) is 5. The number of aromatic nitrogens is 4. The summed E-state index contributed by atoms with van der Waals surface area (Å²) in [5, 5.41) is 16.0. The van der Waals surface area contributed by atoms with Crippen LogP contribution in [0.1, 0.15) is 17.8 Å². The maximum Gasteiger partial charge on any atom is 0.220 e. The summed E-state index contributed by atoms with van der Waals surface area (Å²) >= 11 is 0. The summed E-state index contributed by atoms with van der Waals surface area (Å²) in [6, 6.07) is 7.66. The predicted molar refractivity (Wildman–Crippen MR) is 67.3 cm³/mol. The summed E-state index contributed by atoms with van der Waals surface area (Å²) < 4.78 is 5.07. The summed E-state index contributed by atoms with van der Waals surface area (Å²) in [6.07, 6.45) is 1.10. The van der Waals surface area contributed by atoms with E-state index in [0.717, 1.165) is 11.3 Å². The van der Waals surface area contributed by atoms with Gasteiger partial charge < -0.3 is 10.1 Å². The van der Waals surface area contributed by atoms with Crippen LogP contribution in [0, 0.1) is 0 Å². The molecule has 7 heteroatoms. The molecule has 0 aliphatic carbocycles. The smallest absolute Gasteiger partial charge is 0.220 e. The summed E-state index contributed by atoms with van der Waals surface area (Å²) in [4.78, 5) is 11.6. The van der Waals surface area contributed by atoms with Gasteiger partial charge in [-0.25, -0.2) is 0 Å². The largest absolute Gasteiger partial charge is 0.497 e. The van der Waals surface area contributed by atoms with Gasteiger partial charge in [-0.3, -0.25) is 4.79 Å². The first-order chi connectivity index (χ1) is 9.28. The third-order valence-corrected chi connectivity index (χ3v) is 2.63. The van der Waals surface area contributed by atoms with Crippen LogP contribution in [-0.4, -0.2) is 33.6 Å². The fourth-order valence-electron chi connectivity index (χ4n) is 1.57. The second-order valence-electron chi connectivity index (χ2n) is 3.95. The molecule has 0 saturated heterocycles. The average Bonchev–Trinajstić information content (AvgIpc) is 2.96. The highest BCUT2D eigenvalue weighted by molar-refractivity contribution is 5.76. The number of aryl methyl sites for hydroxylation is 1. The van der Waals surface area contributed by atoms with E-state index >= 15 is 0 Å². The van der Waals surface area contributed by atoms with E-state index in [1.54, 1.807) is 7.11 Å². The fourth-order valence-corrected chi connectivity index (χ4v) is 1.57. The molecule has 2 aromatic rings. The number of carbonyl (C=O) groups is 1. The number of nitrogens with one attached hydrogen (secondary N) is 2. The molecule has 0 saturated carbocycles. The van der Waals surface area contributed by atoms with Gasteiger partial charge in [0.1, 0.15) is 5.75 Å². The van der Waals surface area contributed by atoms with Gasteiger partial charge in [-0.2, -0.15) is 5.21 Å². The molecule has 1 amide bonds. The van der Waals surface area contributed by atoms with Crippen LogP contribution in [0.15, 0.2) is 24.3 Å². The number of benzene rings is 1. The first-order valence-electron chi connectivity index (χ1n) is 5.90. The molecule has 1 aromatic heterocycles. The second kappa shape index (κ2) is 6.48. The summed E-state index contributed by atoms with van der Waals surface area (Å²) in [5.41, 5.74) is 1.09. The van der Waals surface area contributed by atoms with Crippen LogP contribution in [-0.2, 0) is 17.8 Å². The van der Waals surface area contributed by atoms with E-state index < -0.39 is 0 Å². The maximum absolute atomic E-state index is 11.6. The molecule has 0 aliphatic heterocycles. The molecule has 0 bridgehead atoms. The summed E-state index contributed by atoms with van der Waals surface area (Å²) in [6.45, 7) is 0.290. The lowest BCUT2D eigenvalue weighted by Gasteiger charge is -2.04. The van der Waals surface area contributed by atoms with Crippen molar-refractivity contribution in [2.75, 3.05) is 7.11 Å². The Hall–Kier alpha value is -2.44. The van der Waals surface area contributed by atoms with Gasteiger partial charge in [-0.15, -0.1) is 10.2 Å². The Balaban J connectivity index is 1.73. The first-order valence-corrected chi connectivity index (χ1v) is 5.90. The van der Waals surface area contributed by atoms with Crippen LogP contribution in [0.3, 0.4) is 0 Å². The molecule has 2 rings (SSSR count). The van der Waals surface area contributed by atoms with E-state index in [4.69, 9.17) is 4.74 Å². The lowest BCUT2D eigenvalue weighted by molar-refractivity contribution is -0.121. The lowest BCUT2D eigenvalue weighted by Crippen LogP contribution is -2.23. The molecule has 0 radical (unpaired) electrons. The number of nitrogens with zero attached hydrogens (tertiary/aromatic N) is 3. The zero-order valence-electron chi connectivity index (χ0n) is 10.6. The number of H-pyrrole nitrogens is 1. The van der Waals surface area contributed by atoms with E-state index in [2.05, 4.69) is 25.9 Å². The molecule has 0 unspecified atom stereocenters. The van der Waals surface area contributed by atoms with Crippen LogP contribution >= 0.6 is 0 Å². The third-order valence-electron chi connectivity index (χ3n) is 2.63. The highest BCUT2D eigenvalue weighted by Gasteiger charge is 2.04. The van der Waals surface area contributed by atoms with E-state index in [-0.39, 0.29) is 12.5 Å². The van der Waals surface area contributed by atoms with Crippen molar-refractivity contribution < 1.29 is 9.53 Å². The minimum absolute atomic E-state index is 0.0411. The Kier molecular flexibility index (Phi) is 4.44. The van der Waals surface area contributed by atoms with Gasteiger partial charge in [0.2, 0.25) is 5.91 Å². The van der Waals surface area contributed by atoms with E-state index in [9.17, 15) is 4.79 Å². The van der Waals surface area contributed by atoms with Crippen molar-refractivity contribution in [3.8, 4) is 5.75 Å². The number of ether oxygens (including phenoxy) is 1. The highest BCUT2D eigenvalue weighted by Crippen LogP contribution is 2.12. The highest BCUT2D eigenvalue weighted by atomic mass is 16.5. The zero-order chi connectivity index (χ0) is 13.5. The number of methoxy groups -OCH3 is 1. The Labute approximate surface area is 110 Å². The van der Waals surface area contributed by atoms with Crippen molar-refractivity contribution in [2.45, 2.75) is 19.4 Å². The Morgan fingerprint density at radius 2 is 2.16 bits per heavy atom. The Bertz CT molecular complexity index is 509. The van der Waals surface area contributed by atoms with Gasteiger partial charge in [-0.1, -0.05) is 17.3 Å². The van der Waals surface area contributed by atoms with Gasteiger partial charge in [0.05, 0.1) is 13.7 Å². The third kappa shape index (κ3) is 4.06. The molecule has 1 aromatic carbocycles. The lowest BCUT2D eigenvalue weighted by atomic mass is 10.1. The average molecular weight is 261 g/mol. The molecule has 1 heterocycles. The predicted octanol–water partition coefficient (Wildman–Crippen LogP) is 0.457. The van der Waals surface area contributed by atoms with Gasteiger partial charge in [0, 0.05) is 6.42 Å². The minimum Gasteiger partial charge on any atom is -0.497 e. The normalized spacial score (nSPS) is 10.2. The molecule has 19 heavy (non-hydrogen) atoms. The van der Waals surface area contributed by atoms with Crippen LogP contribution in [0.5, 0.6) is 5.75 Å². The van der Waals surface area contributed by atoms with Crippen molar-refractivity contribution in [1.82, 2.24) is 25.9 Å². The summed E-state index contributed by atoms with van der Waals surface area (Å²) in [7, 11) is 1.63. The van der Waals surface area contributed by atoms with Crippen molar-refractivity contribution in [3.05, 3.63) is 35.7 Å². The first kappa shape index (κ1) is 13.0. The SMILES string of the molecule is COc1ccc(CCC(=O)NCc2nn[nH]n2)cc1. The second-order valence-corrected chi connectivity index (χ2v) is 3.95. The van der Waals surface area contributed by atoms with Gasteiger partial charge in [0.15, 0.2) is 5.82 Å². The van der Waals surface area contributed by atoms with Crippen molar-refractivity contribution in [3.63, 3.8) is 0 Å². The quantitative estimate of drug-likeness (QED) is 0.788. The molecule has 0 atom stereocenters. The van der Waals surface area contributed by atoms with Crippen LogP contribution in [0.2, 0.25) is 0 Å². The van der Waals surface area contributed by atoms with E-state index in [0.29, 0.717) is 18.7 Å². The van der Waals surface area contributed by atoms with Crippen molar-refractivity contribution in [1.29, 1.82) is 0 Å². The Morgan fingerprint density at radius 1 is 1.37 bits per heavy atom. The number of rotatable bonds is 6. The summed E-state index contributed by atoms with van der Waals surface area (Å²) in [5.74, 6) is 1.24. The molecule has 0 aliphatic rings. The molecule has 0 fully saturated rings. The number of tetrazole rings is 1. The van der Waals surface area contributed by atoms with Gasteiger partial charge in [-0.05, 0) is 24.1 Å². The van der Waals surface area contributed by atoms with Crippen molar-refractivity contribution >= 4 is 5.91 Å². The van der Waals surface area contributed by atoms with Gasteiger partial charge in [0.25, 0.3) is 0 Å². The van der Waals surface area contributed by atoms with E-state index in [1.807, 2.05) is 24.3 Å². The topological polar surface area (TPSA) is 92.8 Å².